The maximum absolute atomic E-state index is 10.6. The molecule has 1 N–H and O–H groups in total. The lowest BCUT2D eigenvalue weighted by molar-refractivity contribution is -0.137. The Morgan fingerprint density at radius 1 is 1.31 bits per heavy atom. The van der Waals surface area contributed by atoms with Gasteiger partial charge in [-0.2, -0.15) is 0 Å². The van der Waals surface area contributed by atoms with Crippen molar-refractivity contribution in [1.82, 2.24) is 0 Å². The highest BCUT2D eigenvalue weighted by atomic mass is 16.4. The Bertz CT molecular complexity index is 219. The average molecular weight is 224 g/mol. The van der Waals surface area contributed by atoms with E-state index in [-0.39, 0.29) is 12.3 Å². The average Bonchev–Trinajstić information content (AvgIpc) is 2.24. The van der Waals surface area contributed by atoms with Gasteiger partial charge in [0.1, 0.15) is 0 Å². The third-order valence-electron chi connectivity index (χ3n) is 2.63. The molecule has 0 fully saturated rings. The molecular formula is C14H24O2. The van der Waals surface area contributed by atoms with Crippen LogP contribution in [0.3, 0.4) is 0 Å². The second-order valence-corrected chi connectivity index (χ2v) is 4.18. The van der Waals surface area contributed by atoms with Crippen LogP contribution in [0, 0.1) is 5.92 Å². The Hall–Kier alpha value is -1.05. The fourth-order valence-electron chi connectivity index (χ4n) is 1.74. The molecule has 1 unspecified atom stereocenters. The number of carbonyl (C=O) groups is 1. The Morgan fingerprint density at radius 2 is 2.00 bits per heavy atom. The summed E-state index contributed by atoms with van der Waals surface area (Å²) in [6.07, 6.45) is 12.8. The van der Waals surface area contributed by atoms with Crippen molar-refractivity contribution in [3.8, 4) is 0 Å². The molecule has 0 bridgehead atoms. The standard InChI is InChI=1S/C14H24O2/c1-3-5-7-8-9-11-13(10-6-4-2)12-14(15)16/h4,6,10,13H,2-3,5,7-9,11-12H2,1H3,(H,15,16)/b10-6+. The van der Waals surface area contributed by atoms with Gasteiger partial charge < -0.3 is 5.11 Å². The third-order valence-corrected chi connectivity index (χ3v) is 2.63. The molecule has 0 aromatic carbocycles. The largest absolute Gasteiger partial charge is 0.481 e. The summed E-state index contributed by atoms with van der Waals surface area (Å²) in [6, 6.07) is 0. The minimum Gasteiger partial charge on any atom is -0.481 e. The summed E-state index contributed by atoms with van der Waals surface area (Å²) >= 11 is 0. The van der Waals surface area contributed by atoms with E-state index >= 15 is 0 Å². The summed E-state index contributed by atoms with van der Waals surface area (Å²) in [7, 11) is 0. The molecule has 92 valence electrons. The van der Waals surface area contributed by atoms with E-state index in [2.05, 4.69) is 13.5 Å². The van der Waals surface area contributed by atoms with Gasteiger partial charge in [-0.05, 0) is 12.3 Å². The second kappa shape index (κ2) is 10.5. The summed E-state index contributed by atoms with van der Waals surface area (Å²) < 4.78 is 0. The van der Waals surface area contributed by atoms with E-state index in [9.17, 15) is 4.79 Å². The normalized spacial score (nSPS) is 12.8. The molecule has 0 aliphatic carbocycles. The first kappa shape index (κ1) is 14.9. The van der Waals surface area contributed by atoms with Crippen LogP contribution >= 0.6 is 0 Å². The van der Waals surface area contributed by atoms with Crippen LogP contribution in [0.15, 0.2) is 24.8 Å². The number of hydrogen-bond acceptors (Lipinski definition) is 1. The molecule has 2 heteroatoms. The zero-order valence-electron chi connectivity index (χ0n) is 10.3. The van der Waals surface area contributed by atoms with Gasteiger partial charge in [0.05, 0.1) is 6.42 Å². The van der Waals surface area contributed by atoms with Crippen LogP contribution in [-0.2, 0) is 4.79 Å². The molecule has 0 heterocycles. The van der Waals surface area contributed by atoms with Crippen molar-refractivity contribution < 1.29 is 9.90 Å². The van der Waals surface area contributed by atoms with Crippen LogP contribution in [0.5, 0.6) is 0 Å². The smallest absolute Gasteiger partial charge is 0.303 e. The maximum Gasteiger partial charge on any atom is 0.303 e. The lowest BCUT2D eigenvalue weighted by Gasteiger charge is -2.09. The van der Waals surface area contributed by atoms with Crippen molar-refractivity contribution in [2.24, 2.45) is 5.92 Å². The number of allylic oxidation sites excluding steroid dienone is 3. The molecule has 0 amide bonds. The van der Waals surface area contributed by atoms with Crippen molar-refractivity contribution in [3.05, 3.63) is 24.8 Å². The molecule has 0 aliphatic rings. The number of carboxylic acid groups (broad SMARTS) is 1. The van der Waals surface area contributed by atoms with E-state index in [0.717, 1.165) is 12.8 Å². The van der Waals surface area contributed by atoms with Crippen molar-refractivity contribution in [3.63, 3.8) is 0 Å². The fourth-order valence-corrected chi connectivity index (χ4v) is 1.74. The Labute approximate surface area is 99.1 Å². The predicted molar refractivity (Wildman–Crippen MR) is 68.5 cm³/mol. The summed E-state index contributed by atoms with van der Waals surface area (Å²) in [4.78, 5) is 10.6. The topological polar surface area (TPSA) is 37.3 Å². The van der Waals surface area contributed by atoms with E-state index in [1.54, 1.807) is 6.08 Å². The number of hydrogen-bond donors (Lipinski definition) is 1. The molecule has 0 aromatic rings. The van der Waals surface area contributed by atoms with Gasteiger partial charge in [-0.25, -0.2) is 0 Å². The zero-order chi connectivity index (χ0) is 12.2. The van der Waals surface area contributed by atoms with Gasteiger partial charge in [-0.3, -0.25) is 4.79 Å². The Balaban J connectivity index is 3.78. The summed E-state index contributed by atoms with van der Waals surface area (Å²) in [5.74, 6) is -0.551. The van der Waals surface area contributed by atoms with Crippen LogP contribution in [0.1, 0.15) is 51.9 Å². The molecule has 16 heavy (non-hydrogen) atoms. The second-order valence-electron chi connectivity index (χ2n) is 4.18. The first-order valence-corrected chi connectivity index (χ1v) is 6.21. The van der Waals surface area contributed by atoms with Gasteiger partial charge in [0, 0.05) is 0 Å². The van der Waals surface area contributed by atoms with Crippen molar-refractivity contribution in [2.75, 3.05) is 0 Å². The van der Waals surface area contributed by atoms with Gasteiger partial charge in [-0.1, -0.05) is 63.8 Å². The van der Waals surface area contributed by atoms with E-state index in [4.69, 9.17) is 5.11 Å². The highest BCUT2D eigenvalue weighted by Gasteiger charge is 2.09. The van der Waals surface area contributed by atoms with E-state index in [1.807, 2.05) is 12.2 Å². The summed E-state index contributed by atoms with van der Waals surface area (Å²) in [5.41, 5.74) is 0. The van der Waals surface area contributed by atoms with Gasteiger partial charge in [-0.15, -0.1) is 0 Å². The number of rotatable bonds is 10. The fraction of sp³-hybridized carbons (Fsp3) is 0.643. The lowest BCUT2D eigenvalue weighted by Crippen LogP contribution is -2.05. The van der Waals surface area contributed by atoms with E-state index in [0.29, 0.717) is 0 Å². The number of aliphatic carboxylic acids is 1. The highest BCUT2D eigenvalue weighted by Crippen LogP contribution is 2.16. The molecule has 0 saturated heterocycles. The molecule has 0 rings (SSSR count). The van der Waals surface area contributed by atoms with Crippen LogP contribution in [0.2, 0.25) is 0 Å². The minimum absolute atomic E-state index is 0.164. The first-order chi connectivity index (χ1) is 7.70. The molecule has 1 atom stereocenters. The Morgan fingerprint density at radius 3 is 2.56 bits per heavy atom. The van der Waals surface area contributed by atoms with Gasteiger partial charge in [0.25, 0.3) is 0 Å². The van der Waals surface area contributed by atoms with E-state index in [1.165, 1.54) is 25.7 Å². The highest BCUT2D eigenvalue weighted by molar-refractivity contribution is 5.67. The summed E-state index contributed by atoms with van der Waals surface area (Å²) in [5, 5.41) is 8.76. The SMILES string of the molecule is C=C/C=C/C(CCCCCCC)CC(=O)O. The van der Waals surface area contributed by atoms with Crippen LogP contribution in [-0.4, -0.2) is 11.1 Å². The van der Waals surface area contributed by atoms with Crippen LogP contribution < -0.4 is 0 Å². The number of carboxylic acids is 1. The molecule has 0 aromatic heterocycles. The molecular weight excluding hydrogens is 200 g/mol. The summed E-state index contributed by atoms with van der Waals surface area (Å²) in [6.45, 7) is 5.79. The molecule has 2 nitrogen and oxygen atoms in total. The first-order valence-electron chi connectivity index (χ1n) is 6.21. The maximum atomic E-state index is 10.6. The predicted octanol–water partition coefficient (Wildman–Crippen LogP) is 4.18. The van der Waals surface area contributed by atoms with Gasteiger partial charge >= 0.3 is 5.97 Å². The van der Waals surface area contributed by atoms with Crippen molar-refractivity contribution in [1.29, 1.82) is 0 Å². The molecule has 0 aliphatic heterocycles. The lowest BCUT2D eigenvalue weighted by atomic mass is 9.97. The van der Waals surface area contributed by atoms with Crippen molar-refractivity contribution >= 4 is 5.97 Å². The minimum atomic E-state index is -0.715. The third kappa shape index (κ3) is 9.50. The molecule has 0 radical (unpaired) electrons. The van der Waals surface area contributed by atoms with Crippen molar-refractivity contribution in [2.45, 2.75) is 51.9 Å². The van der Waals surface area contributed by atoms with E-state index < -0.39 is 5.97 Å². The van der Waals surface area contributed by atoms with Gasteiger partial charge in [0.15, 0.2) is 0 Å². The molecule has 0 spiro atoms. The van der Waals surface area contributed by atoms with Crippen LogP contribution in [0.4, 0.5) is 0 Å². The zero-order valence-corrected chi connectivity index (χ0v) is 10.3. The quantitative estimate of drug-likeness (QED) is 0.446. The monoisotopic (exact) mass is 224 g/mol. The molecule has 0 saturated carbocycles. The van der Waals surface area contributed by atoms with Crippen LogP contribution in [0.25, 0.3) is 0 Å². The van der Waals surface area contributed by atoms with Gasteiger partial charge in [0.2, 0.25) is 0 Å². The number of unbranched alkanes of at least 4 members (excludes halogenated alkanes) is 4. The Kier molecular flexibility index (Phi) is 9.78.